The second kappa shape index (κ2) is 5.02. The Hall–Kier alpha value is -0.870. The van der Waals surface area contributed by atoms with E-state index in [9.17, 15) is 13.5 Å². The van der Waals surface area contributed by atoms with Crippen molar-refractivity contribution in [3.05, 3.63) is 34.9 Å². The van der Waals surface area contributed by atoms with E-state index in [2.05, 4.69) is 0 Å². The topological polar surface area (TPSA) is 54.4 Å². The normalized spacial score (nSPS) is 24.7. The fourth-order valence-electron chi connectivity index (χ4n) is 2.73. The summed E-state index contributed by atoms with van der Waals surface area (Å²) in [4.78, 5) is 0. The Morgan fingerprint density at radius 3 is 2.33 bits per heavy atom. The molecule has 1 fully saturated rings. The predicted molar refractivity (Wildman–Crippen MR) is 72.3 cm³/mol. The fraction of sp³-hybridized carbons (Fsp3) is 0.571. The lowest BCUT2D eigenvalue weighted by Crippen LogP contribution is -2.33. The highest BCUT2D eigenvalue weighted by Crippen LogP contribution is 2.31. The second-order valence-corrected chi connectivity index (χ2v) is 7.61. The van der Waals surface area contributed by atoms with Crippen LogP contribution in [0.2, 0.25) is 0 Å². The van der Waals surface area contributed by atoms with Gasteiger partial charge in [-0.2, -0.15) is 0 Å². The third-order valence-electron chi connectivity index (χ3n) is 3.57. The van der Waals surface area contributed by atoms with E-state index in [1.54, 1.807) is 0 Å². The van der Waals surface area contributed by atoms with Crippen LogP contribution < -0.4 is 0 Å². The van der Waals surface area contributed by atoms with Gasteiger partial charge in [-0.3, -0.25) is 0 Å². The summed E-state index contributed by atoms with van der Waals surface area (Å²) < 4.78 is 24.0. The molecule has 1 aliphatic rings. The van der Waals surface area contributed by atoms with Crippen LogP contribution in [-0.2, 0) is 9.84 Å². The third kappa shape index (κ3) is 2.75. The quantitative estimate of drug-likeness (QED) is 0.895. The molecule has 18 heavy (non-hydrogen) atoms. The Bertz CT molecular complexity index is 514. The molecular formula is C14H20O3S. The molecule has 0 aliphatic carbocycles. The van der Waals surface area contributed by atoms with Gasteiger partial charge in [-0.25, -0.2) is 8.42 Å². The standard InChI is InChI=1S/C14H20O3S/c1-10-7-11(2)9-12(8-10)14(15)13-5-3-4-6-18(13,16)17/h7-9,13-15H,3-6H2,1-2H3. The number of aliphatic hydroxyl groups excluding tert-OH is 1. The molecule has 2 atom stereocenters. The lowest BCUT2D eigenvalue weighted by molar-refractivity contribution is 0.164. The summed E-state index contributed by atoms with van der Waals surface area (Å²) in [6, 6.07) is 5.77. The van der Waals surface area contributed by atoms with Gasteiger partial charge >= 0.3 is 0 Å². The van der Waals surface area contributed by atoms with Crippen molar-refractivity contribution in [1.82, 2.24) is 0 Å². The minimum absolute atomic E-state index is 0.208. The Kier molecular flexibility index (Phi) is 3.78. The van der Waals surface area contributed by atoms with Gasteiger partial charge in [-0.15, -0.1) is 0 Å². The van der Waals surface area contributed by atoms with Crippen molar-refractivity contribution in [2.75, 3.05) is 5.75 Å². The highest BCUT2D eigenvalue weighted by Gasteiger charge is 2.35. The zero-order chi connectivity index (χ0) is 13.3. The third-order valence-corrected chi connectivity index (χ3v) is 5.84. The van der Waals surface area contributed by atoms with Gasteiger partial charge in [0.25, 0.3) is 0 Å². The molecule has 0 saturated carbocycles. The molecule has 0 bridgehead atoms. The number of aryl methyl sites for hydroxylation is 2. The lowest BCUT2D eigenvalue weighted by atomic mass is 9.98. The molecule has 4 heteroatoms. The van der Waals surface area contributed by atoms with Crippen LogP contribution >= 0.6 is 0 Å². The molecule has 0 radical (unpaired) electrons. The first kappa shape index (κ1) is 13.6. The van der Waals surface area contributed by atoms with E-state index in [-0.39, 0.29) is 5.75 Å². The van der Waals surface area contributed by atoms with E-state index in [4.69, 9.17) is 0 Å². The maximum atomic E-state index is 12.0. The summed E-state index contributed by atoms with van der Waals surface area (Å²) >= 11 is 0. The SMILES string of the molecule is Cc1cc(C)cc(C(O)C2CCCCS2(=O)=O)c1. The van der Waals surface area contributed by atoms with Gasteiger partial charge in [0.2, 0.25) is 0 Å². The van der Waals surface area contributed by atoms with Crippen molar-refractivity contribution in [2.45, 2.75) is 44.5 Å². The molecule has 1 aromatic carbocycles. The summed E-state index contributed by atoms with van der Waals surface area (Å²) in [5.41, 5.74) is 2.83. The van der Waals surface area contributed by atoms with E-state index in [1.807, 2.05) is 32.0 Å². The van der Waals surface area contributed by atoms with Crippen molar-refractivity contribution in [3.8, 4) is 0 Å². The molecule has 1 heterocycles. The number of aliphatic hydroxyl groups is 1. The fourth-order valence-corrected chi connectivity index (χ4v) is 4.71. The van der Waals surface area contributed by atoms with Gasteiger partial charge in [-0.05, 0) is 32.3 Å². The molecule has 0 amide bonds. The van der Waals surface area contributed by atoms with Crippen LogP contribution in [0.25, 0.3) is 0 Å². The first-order valence-electron chi connectivity index (χ1n) is 6.38. The maximum Gasteiger partial charge on any atom is 0.156 e. The van der Waals surface area contributed by atoms with E-state index in [0.29, 0.717) is 6.42 Å². The second-order valence-electron chi connectivity index (χ2n) is 5.27. The van der Waals surface area contributed by atoms with Crippen LogP contribution in [0.1, 0.15) is 42.1 Å². The Labute approximate surface area is 109 Å². The van der Waals surface area contributed by atoms with Crippen LogP contribution in [0, 0.1) is 13.8 Å². The van der Waals surface area contributed by atoms with Gasteiger partial charge in [0.05, 0.1) is 17.1 Å². The average Bonchev–Trinajstić information content (AvgIpc) is 2.26. The van der Waals surface area contributed by atoms with Crippen LogP contribution in [-0.4, -0.2) is 24.5 Å². The monoisotopic (exact) mass is 268 g/mol. The molecule has 1 aromatic rings. The van der Waals surface area contributed by atoms with Crippen LogP contribution in [0.15, 0.2) is 18.2 Å². The van der Waals surface area contributed by atoms with E-state index >= 15 is 0 Å². The Balaban J connectivity index is 2.32. The highest BCUT2D eigenvalue weighted by molar-refractivity contribution is 7.92. The Morgan fingerprint density at radius 2 is 1.78 bits per heavy atom. The summed E-state index contributed by atoms with van der Waals surface area (Å²) in [6.07, 6.45) is 1.27. The maximum absolute atomic E-state index is 12.0. The predicted octanol–water partition coefficient (Wildman–Crippen LogP) is 2.30. The number of hydrogen-bond donors (Lipinski definition) is 1. The van der Waals surface area contributed by atoms with Gasteiger partial charge < -0.3 is 5.11 Å². The van der Waals surface area contributed by atoms with Crippen molar-refractivity contribution >= 4 is 9.84 Å². The first-order chi connectivity index (χ1) is 8.40. The van der Waals surface area contributed by atoms with Crippen molar-refractivity contribution in [1.29, 1.82) is 0 Å². The summed E-state index contributed by atoms with van der Waals surface area (Å²) in [7, 11) is -3.15. The summed E-state index contributed by atoms with van der Waals surface area (Å²) in [6.45, 7) is 3.91. The average molecular weight is 268 g/mol. The van der Waals surface area contributed by atoms with Gasteiger partial charge in [0.15, 0.2) is 9.84 Å². The smallest absolute Gasteiger partial charge is 0.156 e. The molecule has 2 unspecified atom stereocenters. The number of benzene rings is 1. The molecule has 0 aromatic heterocycles. The molecule has 1 aliphatic heterocycles. The Morgan fingerprint density at radius 1 is 1.17 bits per heavy atom. The zero-order valence-electron chi connectivity index (χ0n) is 10.9. The lowest BCUT2D eigenvalue weighted by Gasteiger charge is -2.27. The molecule has 3 nitrogen and oxygen atoms in total. The van der Waals surface area contributed by atoms with Crippen molar-refractivity contribution in [3.63, 3.8) is 0 Å². The number of sulfone groups is 1. The molecule has 100 valence electrons. The minimum Gasteiger partial charge on any atom is -0.387 e. The van der Waals surface area contributed by atoms with Crippen LogP contribution in [0.5, 0.6) is 0 Å². The number of hydrogen-bond acceptors (Lipinski definition) is 3. The first-order valence-corrected chi connectivity index (χ1v) is 8.09. The molecule has 2 rings (SSSR count). The molecule has 0 spiro atoms. The van der Waals surface area contributed by atoms with E-state index in [1.165, 1.54) is 0 Å². The molecule has 1 N–H and O–H groups in total. The van der Waals surface area contributed by atoms with Gasteiger partial charge in [0, 0.05) is 0 Å². The zero-order valence-corrected chi connectivity index (χ0v) is 11.7. The summed E-state index contributed by atoms with van der Waals surface area (Å²) in [5.74, 6) is 0.208. The minimum atomic E-state index is -3.15. The van der Waals surface area contributed by atoms with Gasteiger partial charge in [0.1, 0.15) is 0 Å². The number of rotatable bonds is 2. The van der Waals surface area contributed by atoms with Crippen molar-refractivity contribution < 1.29 is 13.5 Å². The highest BCUT2D eigenvalue weighted by atomic mass is 32.2. The van der Waals surface area contributed by atoms with Crippen LogP contribution in [0.4, 0.5) is 0 Å². The molecular weight excluding hydrogens is 248 g/mol. The van der Waals surface area contributed by atoms with Crippen molar-refractivity contribution in [2.24, 2.45) is 0 Å². The van der Waals surface area contributed by atoms with Gasteiger partial charge in [-0.1, -0.05) is 35.7 Å². The van der Waals surface area contributed by atoms with Crippen LogP contribution in [0.3, 0.4) is 0 Å². The largest absolute Gasteiger partial charge is 0.387 e. The molecule has 1 saturated heterocycles. The summed E-state index contributed by atoms with van der Waals surface area (Å²) in [5, 5.41) is 9.72. The van der Waals surface area contributed by atoms with E-state index in [0.717, 1.165) is 29.5 Å². The van der Waals surface area contributed by atoms with E-state index < -0.39 is 21.2 Å².